The van der Waals surface area contributed by atoms with Gasteiger partial charge < -0.3 is 9.72 Å². The van der Waals surface area contributed by atoms with Crippen molar-refractivity contribution in [2.45, 2.75) is 24.8 Å². The van der Waals surface area contributed by atoms with Crippen molar-refractivity contribution in [3.8, 4) is 0 Å². The summed E-state index contributed by atoms with van der Waals surface area (Å²) in [5, 5.41) is 0.347. The largest absolute Gasteiger partial charge is 0.465 e. The van der Waals surface area contributed by atoms with Gasteiger partial charge in [-0.15, -0.1) is 12.6 Å². The Balaban J connectivity index is 3.18. The Morgan fingerprint density at radius 1 is 1.65 bits per heavy atom. The number of H-pyrrole nitrogens is 1. The van der Waals surface area contributed by atoms with Crippen LogP contribution in [-0.4, -0.2) is 28.3 Å². The molecule has 0 saturated carbocycles. The van der Waals surface area contributed by atoms with Crippen molar-refractivity contribution in [2.24, 2.45) is 0 Å². The summed E-state index contributed by atoms with van der Waals surface area (Å²) in [6.07, 6.45) is 0. The van der Waals surface area contributed by atoms with Gasteiger partial charge in [-0.1, -0.05) is 12.2 Å². The fourth-order valence-corrected chi connectivity index (χ4v) is 1.84. The number of hydrogen-bond acceptors (Lipinski definition) is 6. The van der Waals surface area contributed by atoms with Gasteiger partial charge in [-0.25, -0.2) is 4.98 Å². The molecular formula is C10H12N2O3S2. The maximum atomic E-state index is 11.6. The molecule has 0 aliphatic carbocycles. The molecule has 0 spiro atoms. The first-order valence-corrected chi connectivity index (χ1v) is 5.78. The number of ether oxygens (including phenoxy) is 1. The van der Waals surface area contributed by atoms with Gasteiger partial charge in [0.05, 0.1) is 11.6 Å². The van der Waals surface area contributed by atoms with Gasteiger partial charge in [0.2, 0.25) is 0 Å². The monoisotopic (exact) mass is 272 g/mol. The third-order valence-corrected chi connectivity index (χ3v) is 2.40. The summed E-state index contributed by atoms with van der Waals surface area (Å²) in [6.45, 7) is 3.16. The normalized spacial score (nSPS) is 11.9. The minimum absolute atomic E-state index is 0.161. The highest BCUT2D eigenvalue weighted by Crippen LogP contribution is 2.16. The molecule has 0 aliphatic rings. The molecule has 0 amide bonds. The zero-order valence-corrected chi connectivity index (χ0v) is 11.1. The second kappa shape index (κ2) is 5.92. The first kappa shape index (κ1) is 13.9. The zero-order valence-electron chi connectivity index (χ0n) is 9.39. The summed E-state index contributed by atoms with van der Waals surface area (Å²) >= 11 is 8.98. The van der Waals surface area contributed by atoms with Crippen molar-refractivity contribution < 1.29 is 14.3 Å². The molecule has 0 aromatic carbocycles. The third kappa shape index (κ3) is 3.64. The molecule has 1 aromatic heterocycles. The Kier molecular flexibility index (Phi) is 4.83. The van der Waals surface area contributed by atoms with E-state index in [1.807, 2.05) is 0 Å². The number of nitrogens with one attached hydrogen (secondary N) is 1. The second-order valence-electron chi connectivity index (χ2n) is 3.28. The predicted octanol–water partition coefficient (Wildman–Crippen LogP) is 1.66. The lowest BCUT2D eigenvalue weighted by Crippen LogP contribution is -2.24. The minimum Gasteiger partial charge on any atom is -0.465 e. The Labute approximate surface area is 109 Å². The lowest BCUT2D eigenvalue weighted by molar-refractivity contribution is -0.147. The van der Waals surface area contributed by atoms with E-state index in [0.29, 0.717) is 9.67 Å². The van der Waals surface area contributed by atoms with Gasteiger partial charge in [-0.3, -0.25) is 9.59 Å². The number of rotatable bonds is 4. The van der Waals surface area contributed by atoms with Crippen molar-refractivity contribution in [1.29, 1.82) is 0 Å². The Morgan fingerprint density at radius 3 is 2.76 bits per heavy atom. The lowest BCUT2D eigenvalue weighted by atomic mass is 10.1. The molecule has 0 aliphatic heterocycles. The molecule has 1 aromatic rings. The maximum Gasteiger partial charge on any atom is 0.324 e. The maximum absolute atomic E-state index is 11.6. The first-order chi connectivity index (χ1) is 7.95. The molecule has 5 nitrogen and oxygen atoms in total. The van der Waals surface area contributed by atoms with Gasteiger partial charge in [0.1, 0.15) is 10.5 Å². The van der Waals surface area contributed by atoms with E-state index in [1.165, 1.54) is 13.0 Å². The van der Waals surface area contributed by atoms with Crippen LogP contribution in [-0.2, 0) is 14.3 Å². The van der Waals surface area contributed by atoms with Crippen LogP contribution in [0.5, 0.6) is 0 Å². The van der Waals surface area contributed by atoms with E-state index in [1.54, 1.807) is 6.92 Å². The van der Waals surface area contributed by atoms with E-state index in [0.717, 1.165) is 0 Å². The van der Waals surface area contributed by atoms with Gasteiger partial charge >= 0.3 is 5.97 Å². The predicted molar refractivity (Wildman–Crippen MR) is 66.7 cm³/mol. The van der Waals surface area contributed by atoms with Crippen molar-refractivity contribution in [3.63, 3.8) is 0 Å². The van der Waals surface area contributed by atoms with Crippen LogP contribution in [0, 0.1) is 4.64 Å². The molecule has 1 unspecified atom stereocenters. The fraction of sp³-hybridized carbons (Fsp3) is 0.400. The van der Waals surface area contributed by atoms with Crippen LogP contribution < -0.4 is 0 Å². The smallest absolute Gasteiger partial charge is 0.324 e. The van der Waals surface area contributed by atoms with Crippen LogP contribution in [0.15, 0.2) is 11.1 Å². The van der Waals surface area contributed by atoms with Crippen LogP contribution in [0.4, 0.5) is 0 Å². The summed E-state index contributed by atoms with van der Waals surface area (Å²) in [4.78, 5) is 29.8. The third-order valence-electron chi connectivity index (χ3n) is 1.95. The average Bonchev–Trinajstić information content (AvgIpc) is 2.15. The minimum atomic E-state index is -1.08. The van der Waals surface area contributed by atoms with Crippen molar-refractivity contribution >= 4 is 36.6 Å². The Bertz CT molecular complexity index is 499. The lowest BCUT2D eigenvalue weighted by Gasteiger charge is -2.12. The number of aromatic amines is 1. The highest BCUT2D eigenvalue weighted by atomic mass is 32.1. The van der Waals surface area contributed by atoms with E-state index in [2.05, 4.69) is 22.6 Å². The number of thiol groups is 1. The summed E-state index contributed by atoms with van der Waals surface area (Å²) in [5.74, 6) is -1.92. The molecule has 1 atom stereocenters. The SMILES string of the molecule is CCOC(=O)C(C(C)=O)c1nc(S)cc(=S)[nH]1. The standard InChI is InChI=1S/C10H12N2O3S2/c1-3-15-10(14)8(5(2)13)9-11-6(16)4-7(17)12-9/h4,8H,3H2,1-2H3,(H2,11,12,16,17). The highest BCUT2D eigenvalue weighted by molar-refractivity contribution is 7.80. The molecule has 0 saturated heterocycles. The molecule has 1 N–H and O–H groups in total. The number of hydrogen-bond donors (Lipinski definition) is 2. The molecule has 17 heavy (non-hydrogen) atoms. The van der Waals surface area contributed by atoms with Gasteiger partial charge in [0.25, 0.3) is 0 Å². The summed E-state index contributed by atoms with van der Waals surface area (Å²) < 4.78 is 5.18. The first-order valence-electron chi connectivity index (χ1n) is 4.93. The number of Topliss-reactive ketones (excluding diaryl/α,β-unsaturated/α-hetero) is 1. The molecule has 0 radical (unpaired) electrons. The zero-order chi connectivity index (χ0) is 13.0. The van der Waals surface area contributed by atoms with E-state index in [4.69, 9.17) is 17.0 Å². The number of aromatic nitrogens is 2. The summed E-state index contributed by atoms with van der Waals surface area (Å²) in [6, 6.07) is 1.52. The number of nitrogens with zero attached hydrogens (tertiary/aromatic N) is 1. The number of carbonyl (C=O) groups excluding carboxylic acids is 2. The molecular weight excluding hydrogens is 260 g/mol. The molecule has 1 heterocycles. The van der Waals surface area contributed by atoms with Crippen LogP contribution in [0.25, 0.3) is 0 Å². The van der Waals surface area contributed by atoms with Gasteiger partial charge in [-0.2, -0.15) is 0 Å². The van der Waals surface area contributed by atoms with E-state index in [9.17, 15) is 9.59 Å². The van der Waals surface area contributed by atoms with Crippen LogP contribution >= 0.6 is 24.8 Å². The number of carbonyl (C=O) groups is 2. The fourth-order valence-electron chi connectivity index (χ4n) is 1.30. The Morgan fingerprint density at radius 2 is 2.29 bits per heavy atom. The van der Waals surface area contributed by atoms with E-state index < -0.39 is 11.9 Å². The van der Waals surface area contributed by atoms with Gasteiger partial charge in [0, 0.05) is 6.07 Å². The quantitative estimate of drug-likeness (QED) is 0.287. The average molecular weight is 272 g/mol. The van der Waals surface area contributed by atoms with Crippen molar-refractivity contribution in [2.75, 3.05) is 6.61 Å². The molecule has 92 valence electrons. The second-order valence-corrected chi connectivity index (χ2v) is 4.18. The van der Waals surface area contributed by atoms with E-state index in [-0.39, 0.29) is 18.2 Å². The Hall–Kier alpha value is -1.21. The number of ketones is 1. The van der Waals surface area contributed by atoms with Crippen LogP contribution in [0.2, 0.25) is 0 Å². The molecule has 7 heteroatoms. The summed E-state index contributed by atoms with van der Waals surface area (Å²) in [7, 11) is 0. The molecule has 0 fully saturated rings. The van der Waals surface area contributed by atoms with Crippen molar-refractivity contribution in [3.05, 3.63) is 16.5 Å². The number of esters is 1. The van der Waals surface area contributed by atoms with Crippen LogP contribution in [0.3, 0.4) is 0 Å². The van der Waals surface area contributed by atoms with E-state index >= 15 is 0 Å². The molecule has 1 rings (SSSR count). The topological polar surface area (TPSA) is 72.1 Å². The molecule has 0 bridgehead atoms. The van der Waals surface area contributed by atoms with Crippen LogP contribution in [0.1, 0.15) is 25.6 Å². The highest BCUT2D eigenvalue weighted by Gasteiger charge is 2.29. The van der Waals surface area contributed by atoms with Gasteiger partial charge in [0.15, 0.2) is 11.7 Å². The summed E-state index contributed by atoms with van der Waals surface area (Å²) in [5.41, 5.74) is 0. The van der Waals surface area contributed by atoms with Gasteiger partial charge in [-0.05, 0) is 13.8 Å². The van der Waals surface area contributed by atoms with Crippen molar-refractivity contribution in [1.82, 2.24) is 9.97 Å².